The number of hydrogen-bond donors (Lipinski definition) is 14. The molecule has 92 heavy (non-hydrogen) atoms. The average molecular weight is 1370 g/mol. The number of carbonyl (C=O) groups is 1. The molecular formula is C57H64Cl2F3N11O17S2. The molecule has 28 nitrogen and oxygen atoms in total. The second-order valence-electron chi connectivity index (χ2n) is 19.5. The molecular weight excluding hydrogens is 1300 g/mol. The van der Waals surface area contributed by atoms with Crippen molar-refractivity contribution in [3.63, 3.8) is 0 Å². The fraction of sp³-hybridized carbons (Fsp3) is 0.333. The summed E-state index contributed by atoms with van der Waals surface area (Å²) in [5.41, 5.74) is 21.5. The topological polar surface area (TPSA) is 467 Å². The number of thioether (sulfide) groups is 1. The quantitative estimate of drug-likeness (QED) is 0.0623. The highest BCUT2D eigenvalue weighted by atomic mass is 35.5. The molecule has 0 amide bonds. The van der Waals surface area contributed by atoms with Crippen molar-refractivity contribution in [1.82, 2.24) is 39.7 Å². The Hall–Kier alpha value is -7.55. The van der Waals surface area contributed by atoms with Gasteiger partial charge in [0.05, 0.1) is 63.1 Å². The SMILES string of the molecule is Cc1c(OCC(F)(F)F)ccnc1CS(=O)c1nc2ccccc2[nH]1.Nc1ccn([C@@H]2CS[C@H](CO)O2)c(=O)n1.Nc1nnc(-c2cccc(Cl)c2Cl)c(N)n1.O=C(O)[C@H](O)[C@@H](O)[C@H](O[C@@H]1O[C@H](CO)[C@H](O)[C@H](O)[C@H]1O)[C@H](O)CO.c1ccc(-c2ccccc2)cc1. The first-order chi connectivity index (χ1) is 43.7. The molecule has 0 radical (unpaired) electrons. The standard InChI is InChI=1S/C16H14F3N3O2S.C12H22O12.C12H10.C9H7Cl2N5.C8H11N3O3S/c1-10-13(20-7-6-14(10)24-9-16(17,18)19)8-25(23)15-21-11-4-2-3-5-12(11)22-15;13-1-3(15)10(7(18)8(19)11(21)22)24-12-9(20)6(17)5(16)4(2-14)23-12;1-3-7-11(8-4-1)12-9-5-2-6-10-12;10-5-3-1-2-4(6(5)11)7-8(12)14-9(13)16-15-7;9-5-1-2-11(8(13)10-5)6-4-15-7(3-12)14-6/h2-7H,8-9H2,1H3,(H,21,22);3-10,12-20H,1-2H2,(H,21,22);1-10H;1-3H,(H4,12,13,14,16);1-2,6-7,12H,3-4H2,(H2,9,10,13)/t;3-,4-,5+,6+,7-,8-,9-,10-,12+;;;6-,7+/m.1..0/s1. The Bertz CT molecular complexity index is 3660. The van der Waals surface area contributed by atoms with Crippen LogP contribution in [0.15, 0.2) is 138 Å². The highest BCUT2D eigenvalue weighted by molar-refractivity contribution is 8.00. The van der Waals surface area contributed by atoms with Gasteiger partial charge in [-0.1, -0.05) is 108 Å². The van der Waals surface area contributed by atoms with E-state index in [1.54, 1.807) is 43.5 Å². The number of aromatic nitrogens is 8. The van der Waals surface area contributed by atoms with E-state index in [0.717, 1.165) is 5.52 Å². The number of carboxylic acids is 1. The Morgan fingerprint density at radius 3 is 2.07 bits per heavy atom. The Morgan fingerprint density at radius 1 is 0.837 bits per heavy atom. The van der Waals surface area contributed by atoms with E-state index in [1.165, 1.54) is 39.7 Å². The van der Waals surface area contributed by atoms with Crippen molar-refractivity contribution in [3.05, 3.63) is 159 Å². The Labute approximate surface area is 537 Å². The summed E-state index contributed by atoms with van der Waals surface area (Å²) in [5, 5.41) is 102. The number of pyridine rings is 1. The summed E-state index contributed by atoms with van der Waals surface area (Å²) in [6, 6.07) is 36.1. The van der Waals surface area contributed by atoms with Crippen molar-refractivity contribution in [2.75, 3.05) is 49.4 Å². The predicted octanol–water partition coefficient (Wildman–Crippen LogP) is 2.62. The summed E-state index contributed by atoms with van der Waals surface area (Å²) in [6.07, 6.45) is -18.8. The van der Waals surface area contributed by atoms with Gasteiger partial charge in [0.15, 0.2) is 30.0 Å². The number of nitrogens with one attached hydrogen (secondary N) is 1. The van der Waals surface area contributed by atoms with Gasteiger partial charge in [0.25, 0.3) is 0 Å². The number of nitrogens with two attached hydrogens (primary N) is 3. The van der Waals surface area contributed by atoms with Crippen LogP contribution in [0.5, 0.6) is 5.75 Å². The summed E-state index contributed by atoms with van der Waals surface area (Å²) in [7, 11) is -1.51. The molecule has 0 bridgehead atoms. The first-order valence-electron chi connectivity index (χ1n) is 27.1. The van der Waals surface area contributed by atoms with Crippen molar-refractivity contribution in [1.29, 1.82) is 0 Å². The van der Waals surface area contributed by atoms with Crippen molar-refractivity contribution in [2.45, 2.75) is 90.8 Å². The third kappa shape index (κ3) is 20.7. The number of imidazole rings is 1. The second kappa shape index (κ2) is 34.9. The lowest BCUT2D eigenvalue weighted by Gasteiger charge is -2.42. The number of halogens is 5. The van der Waals surface area contributed by atoms with Gasteiger partial charge in [0.2, 0.25) is 5.95 Å². The van der Waals surface area contributed by atoms with Crippen LogP contribution in [0.4, 0.5) is 30.8 Å². The molecule has 1 unspecified atom stereocenters. The van der Waals surface area contributed by atoms with Crippen LogP contribution in [0.2, 0.25) is 10.0 Å². The third-order valence-electron chi connectivity index (χ3n) is 13.0. The number of nitrogens with zero attached hydrogens (tertiary/aromatic N) is 7. The predicted molar refractivity (Wildman–Crippen MR) is 330 cm³/mol. The fourth-order valence-electron chi connectivity index (χ4n) is 8.23. The monoisotopic (exact) mass is 1370 g/mol. The van der Waals surface area contributed by atoms with Crippen LogP contribution in [0.1, 0.15) is 17.5 Å². The molecule has 10 rings (SSSR count). The minimum atomic E-state index is -4.42. The number of aromatic amines is 1. The Kier molecular flexibility index (Phi) is 27.9. The number of aliphatic carboxylic acids is 1. The van der Waals surface area contributed by atoms with Gasteiger partial charge in [-0.25, -0.2) is 14.6 Å². The first kappa shape index (κ1) is 73.5. The molecule has 496 valence electrons. The molecule has 0 spiro atoms. The molecule has 12 atom stereocenters. The normalized spacial score (nSPS) is 20.2. The van der Waals surface area contributed by atoms with Crippen LogP contribution in [0, 0.1) is 6.92 Å². The molecule has 8 aromatic rings. The Balaban J connectivity index is 0.000000187. The van der Waals surface area contributed by atoms with Crippen molar-refractivity contribution < 1.29 is 92.2 Å². The molecule has 0 aliphatic carbocycles. The summed E-state index contributed by atoms with van der Waals surface area (Å²) in [5.74, 6) is -0.748. The number of hydrogen-bond acceptors (Lipinski definition) is 26. The van der Waals surface area contributed by atoms with Crippen LogP contribution in [0.25, 0.3) is 33.4 Å². The van der Waals surface area contributed by atoms with Gasteiger partial charge in [-0.2, -0.15) is 23.1 Å². The number of aliphatic hydroxyl groups is 9. The van der Waals surface area contributed by atoms with E-state index in [4.69, 9.17) is 79.8 Å². The smallest absolute Gasteiger partial charge is 0.422 e. The molecule has 2 fully saturated rings. The number of nitrogen functional groups attached to an aromatic ring is 3. The lowest BCUT2D eigenvalue weighted by molar-refractivity contribution is -0.326. The summed E-state index contributed by atoms with van der Waals surface area (Å²) in [4.78, 5) is 40.9. The van der Waals surface area contributed by atoms with Crippen LogP contribution in [-0.2, 0) is 35.6 Å². The molecule has 2 saturated heterocycles. The van der Waals surface area contributed by atoms with E-state index in [9.17, 15) is 57.6 Å². The first-order valence-corrected chi connectivity index (χ1v) is 30.2. The number of aliphatic hydroxyl groups excluding tert-OH is 9. The molecule has 2 aliphatic heterocycles. The number of para-hydroxylation sites is 2. The zero-order chi connectivity index (χ0) is 67.4. The van der Waals surface area contributed by atoms with Crippen LogP contribution < -0.4 is 27.6 Å². The number of rotatable bonds is 17. The number of carboxylic acid groups (broad SMARTS) is 1. The molecule has 2 aliphatic rings. The van der Waals surface area contributed by atoms with E-state index in [1.807, 2.05) is 30.3 Å². The van der Waals surface area contributed by atoms with Crippen molar-refractivity contribution in [3.8, 4) is 28.1 Å². The second-order valence-corrected chi connectivity index (χ2v) is 22.8. The molecule has 4 aromatic carbocycles. The van der Waals surface area contributed by atoms with E-state index < -0.39 is 104 Å². The average Bonchev–Trinajstić information content (AvgIpc) is 1.35. The minimum Gasteiger partial charge on any atom is -0.484 e. The number of alkyl halides is 3. The van der Waals surface area contributed by atoms with Crippen LogP contribution >= 0.6 is 35.0 Å². The maximum absolute atomic E-state index is 12.5. The minimum absolute atomic E-state index is 0.0133. The van der Waals surface area contributed by atoms with E-state index >= 15 is 0 Å². The summed E-state index contributed by atoms with van der Waals surface area (Å²) >= 11 is 13.4. The molecule has 0 saturated carbocycles. The number of H-pyrrole nitrogens is 1. The van der Waals surface area contributed by atoms with Crippen molar-refractivity contribution in [2.24, 2.45) is 0 Å². The zero-order valence-corrected chi connectivity index (χ0v) is 51.3. The fourth-order valence-corrected chi connectivity index (χ4v) is 10.7. The largest absolute Gasteiger partial charge is 0.484 e. The van der Waals surface area contributed by atoms with Crippen LogP contribution in [0.3, 0.4) is 0 Å². The molecule has 6 heterocycles. The van der Waals surface area contributed by atoms with Gasteiger partial charge in [-0.05, 0) is 48.4 Å². The van der Waals surface area contributed by atoms with Gasteiger partial charge >= 0.3 is 17.8 Å². The summed E-state index contributed by atoms with van der Waals surface area (Å²) < 4.78 is 71.0. The maximum Gasteiger partial charge on any atom is 0.422 e. The highest BCUT2D eigenvalue weighted by Gasteiger charge is 2.47. The number of fused-ring (bicyclic) bond motifs is 1. The van der Waals surface area contributed by atoms with Gasteiger partial charge in [-0.15, -0.1) is 22.0 Å². The van der Waals surface area contributed by atoms with E-state index in [2.05, 4.69) is 83.6 Å². The lowest BCUT2D eigenvalue weighted by Crippen LogP contribution is -2.61. The summed E-state index contributed by atoms with van der Waals surface area (Å²) in [6.45, 7) is -1.62. The maximum atomic E-state index is 12.5. The van der Waals surface area contributed by atoms with Crippen LogP contribution in [-0.4, -0.2) is 200 Å². The Morgan fingerprint density at radius 2 is 1.49 bits per heavy atom. The molecule has 17 N–H and O–H groups in total. The molecule has 35 heteroatoms. The number of ether oxygens (including phenoxy) is 4. The van der Waals surface area contributed by atoms with E-state index in [-0.39, 0.29) is 47.4 Å². The molecule has 4 aromatic heterocycles. The number of anilines is 3. The van der Waals surface area contributed by atoms with Gasteiger partial charge in [0.1, 0.15) is 71.7 Å². The van der Waals surface area contributed by atoms with Crippen molar-refractivity contribution >= 4 is 80.4 Å². The van der Waals surface area contributed by atoms with Gasteiger partial charge < -0.3 is 92.2 Å². The third-order valence-corrected chi connectivity index (χ3v) is 16.1. The van der Waals surface area contributed by atoms with Gasteiger partial charge in [0, 0.05) is 29.3 Å². The highest BCUT2D eigenvalue weighted by Crippen LogP contribution is 2.35. The van der Waals surface area contributed by atoms with E-state index in [0.29, 0.717) is 49.0 Å². The lowest BCUT2D eigenvalue weighted by atomic mass is 9.98. The van der Waals surface area contributed by atoms with Gasteiger partial charge in [-0.3, -0.25) is 13.8 Å². The number of benzene rings is 4. The zero-order valence-electron chi connectivity index (χ0n) is 48.1.